The molecule has 0 bridgehead atoms. The van der Waals surface area contributed by atoms with E-state index in [4.69, 9.17) is 5.11 Å². The predicted octanol–water partition coefficient (Wildman–Crippen LogP) is 0.0426. The van der Waals surface area contributed by atoms with Gasteiger partial charge in [-0.15, -0.1) is 0 Å². The van der Waals surface area contributed by atoms with Gasteiger partial charge in [-0.3, -0.25) is 0 Å². The molecule has 5 heteroatoms. The Morgan fingerprint density at radius 2 is 1.67 bits per heavy atom. The summed E-state index contributed by atoms with van der Waals surface area (Å²) in [5.74, 6) is -0.879. The summed E-state index contributed by atoms with van der Waals surface area (Å²) in [6.45, 7) is 0. The molecule has 0 heterocycles. The summed E-state index contributed by atoms with van der Waals surface area (Å²) >= 11 is 0. The van der Waals surface area contributed by atoms with Crippen molar-refractivity contribution in [3.05, 3.63) is 35.9 Å². The molecule has 0 amide bonds. The average molecular weight is 246 g/mol. The summed E-state index contributed by atoms with van der Waals surface area (Å²) in [5, 5.41) is 8.38. The molecule has 1 aromatic rings. The van der Waals surface area contributed by atoms with E-state index in [1.54, 1.807) is 30.3 Å². The van der Waals surface area contributed by atoms with Crippen molar-refractivity contribution in [2.45, 2.75) is 0 Å². The molecule has 1 N–H and O–H groups in total. The van der Waals surface area contributed by atoms with Gasteiger partial charge in [0.15, 0.2) is 17.4 Å². The molecule has 0 aromatic heterocycles. The Balaban J connectivity index is -0.0000000540. The molecule has 0 saturated carbocycles. The van der Waals surface area contributed by atoms with Crippen LogP contribution < -0.4 is 0 Å². The number of aromatic carboxylic acids is 1. The van der Waals surface area contributed by atoms with Crippen molar-refractivity contribution in [2.24, 2.45) is 0 Å². The van der Waals surface area contributed by atoms with Crippen LogP contribution in [0.15, 0.2) is 30.3 Å². The molecular formula is C7H11AlCaCrO2. The zero-order chi connectivity index (χ0) is 6.69. The molecule has 2 nitrogen and oxygen atoms in total. The number of carboxylic acids is 1. The summed E-state index contributed by atoms with van der Waals surface area (Å²) < 4.78 is 0. The average Bonchev–Trinajstić information content (AvgIpc) is 1.90. The molecular weight excluding hydrogens is 235 g/mol. The topological polar surface area (TPSA) is 37.3 Å². The van der Waals surface area contributed by atoms with Gasteiger partial charge in [0.2, 0.25) is 0 Å². The minimum Gasteiger partial charge on any atom is -1.00 e. The second-order valence-electron chi connectivity index (χ2n) is 1.67. The van der Waals surface area contributed by atoms with E-state index < -0.39 is 5.97 Å². The molecule has 0 saturated heterocycles. The number of carboxylic acid groups (broad SMARTS) is 1. The van der Waals surface area contributed by atoms with Crippen molar-refractivity contribution < 1.29 is 30.1 Å². The second-order valence-corrected chi connectivity index (χ2v) is 1.67. The van der Waals surface area contributed by atoms with E-state index in [0.717, 1.165) is 0 Å². The molecule has 12 heavy (non-hydrogen) atoms. The van der Waals surface area contributed by atoms with E-state index in [1.165, 1.54) is 0 Å². The van der Waals surface area contributed by atoms with Crippen molar-refractivity contribution in [1.82, 2.24) is 0 Å². The fraction of sp³-hybridized carbons (Fsp3) is 0. The summed E-state index contributed by atoms with van der Waals surface area (Å²) in [5.41, 5.74) is 0.331. The molecule has 0 atom stereocenters. The number of carbonyl (C=O) groups is 1. The maximum absolute atomic E-state index is 10.2. The Kier molecular flexibility index (Phi) is 15.8. The number of rotatable bonds is 1. The van der Waals surface area contributed by atoms with E-state index in [1.807, 2.05) is 0 Å². The summed E-state index contributed by atoms with van der Waals surface area (Å²) in [6.07, 6.45) is 0. The molecule has 0 aliphatic heterocycles. The van der Waals surface area contributed by atoms with E-state index in [0.29, 0.717) is 5.56 Å². The van der Waals surface area contributed by atoms with Crippen LogP contribution in [0.25, 0.3) is 0 Å². The quantitative estimate of drug-likeness (QED) is 0.711. The van der Waals surface area contributed by atoms with Crippen LogP contribution in [0.3, 0.4) is 0 Å². The molecule has 0 aliphatic rings. The molecule has 1 aromatic carbocycles. The second kappa shape index (κ2) is 10.1. The molecule has 0 fully saturated rings. The van der Waals surface area contributed by atoms with Gasteiger partial charge in [0.05, 0.1) is 5.56 Å². The summed E-state index contributed by atoms with van der Waals surface area (Å²) in [7, 11) is 0. The van der Waals surface area contributed by atoms with Crippen LogP contribution in [0.1, 0.15) is 13.2 Å². The molecule has 0 radical (unpaired) electrons. The van der Waals surface area contributed by atoms with Crippen LogP contribution in [-0.2, 0) is 17.4 Å². The molecule has 62 valence electrons. The first kappa shape index (κ1) is 18.7. The first-order valence-corrected chi connectivity index (χ1v) is 2.59. The van der Waals surface area contributed by atoms with Gasteiger partial charge in [0, 0.05) is 17.4 Å². The minimum atomic E-state index is -0.879. The smallest absolute Gasteiger partial charge is 1.00 e. The van der Waals surface area contributed by atoms with E-state index >= 15 is 0 Å². The summed E-state index contributed by atoms with van der Waals surface area (Å²) in [4.78, 5) is 10.2. The zero-order valence-corrected chi connectivity index (χ0v) is 9.34. The van der Waals surface area contributed by atoms with Gasteiger partial charge < -0.3 is 7.96 Å². The molecule has 1 rings (SSSR count). The van der Waals surface area contributed by atoms with Crippen LogP contribution in [0, 0.1) is 0 Å². The largest absolute Gasteiger partial charge is 2.00 e. The van der Waals surface area contributed by atoms with Gasteiger partial charge in [-0.05, 0) is 12.1 Å². The van der Waals surface area contributed by atoms with Crippen molar-refractivity contribution >= 4 is 61.1 Å². The SMILES string of the molecule is O=C(O)c1ccccc1.[AlH3].[Ca+2].[Cr].[H-].[H-]. The van der Waals surface area contributed by atoms with Crippen LogP contribution in [0.5, 0.6) is 0 Å². The number of benzene rings is 1. The predicted molar refractivity (Wildman–Crippen MR) is 51.3 cm³/mol. The zero-order valence-electron chi connectivity index (χ0n) is 7.86. The maximum Gasteiger partial charge on any atom is 2.00 e. The molecule has 0 spiro atoms. The van der Waals surface area contributed by atoms with E-state index in [-0.39, 0.29) is 75.3 Å². The fourth-order valence-corrected chi connectivity index (χ4v) is 0.581. The van der Waals surface area contributed by atoms with E-state index in [2.05, 4.69) is 0 Å². The minimum absolute atomic E-state index is 0. The van der Waals surface area contributed by atoms with Gasteiger partial charge >= 0.3 is 43.7 Å². The van der Waals surface area contributed by atoms with Gasteiger partial charge in [-0.25, -0.2) is 4.79 Å². The van der Waals surface area contributed by atoms with Gasteiger partial charge in [0.1, 0.15) is 0 Å². The Morgan fingerprint density at radius 1 is 1.25 bits per heavy atom. The third-order valence-corrected chi connectivity index (χ3v) is 1.02. The number of hydrogen-bond donors (Lipinski definition) is 1. The third kappa shape index (κ3) is 6.52. The normalized spacial score (nSPS) is 6.67. The van der Waals surface area contributed by atoms with Crippen molar-refractivity contribution in [2.75, 3.05) is 0 Å². The van der Waals surface area contributed by atoms with Crippen molar-refractivity contribution in [3.63, 3.8) is 0 Å². The number of hydrogen-bond acceptors (Lipinski definition) is 1. The fourth-order valence-electron chi connectivity index (χ4n) is 0.581. The van der Waals surface area contributed by atoms with Crippen LogP contribution >= 0.6 is 0 Å². The monoisotopic (exact) mass is 246 g/mol. The Bertz CT molecular complexity index is 226. The Hall–Kier alpha value is 1.01. The standard InChI is InChI=1S/C7H6O2.Al.Ca.Cr.5H/c8-7(9)6-4-2-1-3-5-6;;;;;;;;/h1-5H,(H,8,9);;;;;;;;/q;;+2;;;;;2*-1. The van der Waals surface area contributed by atoms with Crippen LogP contribution in [0.4, 0.5) is 0 Å². The summed E-state index contributed by atoms with van der Waals surface area (Å²) in [6, 6.07) is 8.30. The molecule has 0 aliphatic carbocycles. The van der Waals surface area contributed by atoms with Gasteiger partial charge in [-0.2, -0.15) is 0 Å². The first-order chi connectivity index (χ1) is 4.30. The van der Waals surface area contributed by atoms with Gasteiger partial charge in [-0.1, -0.05) is 18.2 Å². The van der Waals surface area contributed by atoms with Crippen molar-refractivity contribution in [1.29, 1.82) is 0 Å². The maximum atomic E-state index is 10.2. The first-order valence-electron chi connectivity index (χ1n) is 2.59. The van der Waals surface area contributed by atoms with Gasteiger partial charge in [0.25, 0.3) is 0 Å². The van der Waals surface area contributed by atoms with E-state index in [9.17, 15) is 4.79 Å². The Labute approximate surface area is 126 Å². The molecule has 0 unspecified atom stereocenters. The van der Waals surface area contributed by atoms with Crippen LogP contribution in [-0.4, -0.2) is 66.2 Å². The Morgan fingerprint density at radius 3 is 1.92 bits per heavy atom. The van der Waals surface area contributed by atoms with Crippen molar-refractivity contribution in [3.8, 4) is 0 Å². The third-order valence-electron chi connectivity index (χ3n) is 1.02. The van der Waals surface area contributed by atoms with Crippen LogP contribution in [0.2, 0.25) is 0 Å².